The smallest absolute Gasteiger partial charge is 0.258 e. The number of thiophene rings is 1. The zero-order valence-electron chi connectivity index (χ0n) is 12.1. The molecule has 3 aromatic heterocycles. The minimum absolute atomic E-state index is 0.189. The van der Waals surface area contributed by atoms with Gasteiger partial charge in [-0.05, 0) is 46.1 Å². The van der Waals surface area contributed by atoms with Crippen LogP contribution in [-0.4, -0.2) is 35.5 Å². The Labute approximate surface area is 144 Å². The topological polar surface area (TPSA) is 103 Å². The standard InChI is InChI=1S/C14H10N6O2S2/c21-11-3-1-10(2-4-11)20-14(16-18-19-20)24-8-12-15-13(22-17-12)9-5-6-23-7-9/h1-7,21H,8H2. The molecule has 0 saturated heterocycles. The molecule has 0 amide bonds. The normalized spacial score (nSPS) is 11.0. The number of aromatic nitrogens is 6. The minimum atomic E-state index is 0.189. The number of rotatable bonds is 5. The highest BCUT2D eigenvalue weighted by Crippen LogP contribution is 2.24. The second-order valence-electron chi connectivity index (χ2n) is 4.71. The number of phenolic OH excluding ortho intramolecular Hbond substituents is 1. The van der Waals surface area contributed by atoms with Gasteiger partial charge >= 0.3 is 0 Å². The predicted molar refractivity (Wildman–Crippen MR) is 88.0 cm³/mol. The number of benzene rings is 1. The van der Waals surface area contributed by atoms with E-state index in [1.165, 1.54) is 11.8 Å². The molecule has 120 valence electrons. The Morgan fingerprint density at radius 1 is 1.21 bits per heavy atom. The molecule has 0 aliphatic carbocycles. The van der Waals surface area contributed by atoms with Gasteiger partial charge in [-0.1, -0.05) is 16.9 Å². The zero-order chi connectivity index (χ0) is 16.4. The van der Waals surface area contributed by atoms with Crippen molar-refractivity contribution in [3.8, 4) is 22.9 Å². The SMILES string of the molecule is Oc1ccc(-n2nnnc2SCc2noc(-c3ccsc3)n2)cc1. The molecule has 8 nitrogen and oxygen atoms in total. The van der Waals surface area contributed by atoms with Crippen LogP contribution in [0.5, 0.6) is 5.75 Å². The third-order valence-corrected chi connectivity index (χ3v) is 4.70. The first-order valence-electron chi connectivity index (χ1n) is 6.85. The van der Waals surface area contributed by atoms with Crippen molar-refractivity contribution >= 4 is 23.1 Å². The van der Waals surface area contributed by atoms with Gasteiger partial charge in [-0.25, -0.2) is 0 Å². The van der Waals surface area contributed by atoms with E-state index in [4.69, 9.17) is 4.52 Å². The Bertz CT molecular complexity index is 933. The Balaban J connectivity index is 1.49. The third-order valence-electron chi connectivity index (χ3n) is 3.10. The van der Waals surface area contributed by atoms with E-state index in [9.17, 15) is 5.11 Å². The first kappa shape index (κ1) is 14.8. The van der Waals surface area contributed by atoms with Crippen LogP contribution in [0.4, 0.5) is 0 Å². The number of aromatic hydroxyl groups is 1. The average Bonchev–Trinajstić information content (AvgIpc) is 3.34. The first-order valence-corrected chi connectivity index (χ1v) is 8.78. The summed E-state index contributed by atoms with van der Waals surface area (Å²) in [6, 6.07) is 8.56. The van der Waals surface area contributed by atoms with Gasteiger partial charge in [0.2, 0.25) is 5.16 Å². The second kappa shape index (κ2) is 6.42. The predicted octanol–water partition coefficient (Wildman–Crippen LogP) is 2.77. The number of thioether (sulfide) groups is 1. The fraction of sp³-hybridized carbons (Fsp3) is 0.0714. The zero-order valence-corrected chi connectivity index (χ0v) is 13.7. The van der Waals surface area contributed by atoms with Crippen LogP contribution in [0.1, 0.15) is 5.82 Å². The van der Waals surface area contributed by atoms with Gasteiger partial charge in [0, 0.05) is 5.38 Å². The van der Waals surface area contributed by atoms with Crippen molar-refractivity contribution in [2.45, 2.75) is 10.9 Å². The van der Waals surface area contributed by atoms with Gasteiger partial charge in [-0.15, -0.1) is 5.10 Å². The van der Waals surface area contributed by atoms with Crippen molar-refractivity contribution in [2.75, 3.05) is 0 Å². The summed E-state index contributed by atoms with van der Waals surface area (Å²) in [7, 11) is 0. The van der Waals surface area contributed by atoms with Crippen molar-refractivity contribution in [1.29, 1.82) is 0 Å². The molecule has 0 atom stereocenters. The summed E-state index contributed by atoms with van der Waals surface area (Å²) in [6.45, 7) is 0. The van der Waals surface area contributed by atoms with E-state index in [1.807, 2.05) is 16.8 Å². The molecule has 1 aromatic carbocycles. The highest BCUT2D eigenvalue weighted by Gasteiger charge is 2.13. The molecule has 0 fully saturated rings. The van der Waals surface area contributed by atoms with Gasteiger partial charge in [-0.3, -0.25) is 0 Å². The average molecular weight is 358 g/mol. The molecule has 0 saturated carbocycles. The summed E-state index contributed by atoms with van der Waals surface area (Å²) in [4.78, 5) is 4.36. The van der Waals surface area contributed by atoms with E-state index in [-0.39, 0.29) is 5.75 Å². The minimum Gasteiger partial charge on any atom is -0.508 e. The molecule has 0 aliphatic heterocycles. The van der Waals surface area contributed by atoms with Crippen LogP contribution in [0.25, 0.3) is 17.1 Å². The number of hydrogen-bond acceptors (Lipinski definition) is 9. The summed E-state index contributed by atoms with van der Waals surface area (Å²) >= 11 is 2.97. The van der Waals surface area contributed by atoms with Crippen molar-refractivity contribution in [3.05, 3.63) is 46.9 Å². The summed E-state index contributed by atoms with van der Waals surface area (Å²) < 4.78 is 6.84. The third kappa shape index (κ3) is 3.01. The van der Waals surface area contributed by atoms with Crippen LogP contribution in [0.15, 0.2) is 50.8 Å². The van der Waals surface area contributed by atoms with Crippen LogP contribution >= 0.6 is 23.1 Å². The molecule has 0 spiro atoms. The monoisotopic (exact) mass is 358 g/mol. The van der Waals surface area contributed by atoms with E-state index < -0.39 is 0 Å². The molecular weight excluding hydrogens is 348 g/mol. The number of hydrogen-bond donors (Lipinski definition) is 1. The van der Waals surface area contributed by atoms with Crippen LogP contribution in [0.3, 0.4) is 0 Å². The first-order chi connectivity index (χ1) is 11.8. The maximum absolute atomic E-state index is 9.36. The highest BCUT2D eigenvalue weighted by atomic mass is 32.2. The molecule has 0 unspecified atom stereocenters. The lowest BCUT2D eigenvalue weighted by atomic mass is 10.3. The quantitative estimate of drug-likeness (QED) is 0.543. The molecule has 0 radical (unpaired) electrons. The molecule has 1 N–H and O–H groups in total. The Morgan fingerprint density at radius 3 is 2.88 bits per heavy atom. The van der Waals surface area contributed by atoms with E-state index in [0.717, 1.165) is 11.3 Å². The van der Waals surface area contributed by atoms with E-state index in [0.29, 0.717) is 22.6 Å². The summed E-state index contributed by atoms with van der Waals surface area (Å²) in [5, 5.41) is 29.5. The molecule has 0 aliphatic rings. The second-order valence-corrected chi connectivity index (χ2v) is 6.43. The van der Waals surface area contributed by atoms with E-state index >= 15 is 0 Å². The van der Waals surface area contributed by atoms with Gasteiger partial charge in [0.05, 0.1) is 17.0 Å². The van der Waals surface area contributed by atoms with Crippen molar-refractivity contribution in [1.82, 2.24) is 30.3 Å². The van der Waals surface area contributed by atoms with Gasteiger partial charge < -0.3 is 9.63 Å². The molecule has 4 rings (SSSR count). The Hall–Kier alpha value is -2.72. The fourth-order valence-corrected chi connectivity index (χ4v) is 3.33. The molecule has 0 bridgehead atoms. The van der Waals surface area contributed by atoms with E-state index in [2.05, 4.69) is 25.7 Å². The van der Waals surface area contributed by atoms with Crippen LogP contribution in [0, 0.1) is 0 Å². The highest BCUT2D eigenvalue weighted by molar-refractivity contribution is 7.98. The van der Waals surface area contributed by atoms with Crippen LogP contribution < -0.4 is 0 Å². The van der Waals surface area contributed by atoms with Gasteiger partial charge in [0.15, 0.2) is 5.82 Å². The maximum Gasteiger partial charge on any atom is 0.258 e. The lowest BCUT2D eigenvalue weighted by molar-refractivity contribution is 0.425. The fourth-order valence-electron chi connectivity index (χ4n) is 1.97. The Kier molecular flexibility index (Phi) is 3.97. The number of tetrazole rings is 1. The lowest BCUT2D eigenvalue weighted by Crippen LogP contribution is -1.99. The summed E-state index contributed by atoms with van der Waals surface area (Å²) in [5.41, 5.74) is 1.67. The molecular formula is C14H10N6O2S2. The van der Waals surface area contributed by atoms with Crippen LogP contribution in [0.2, 0.25) is 0 Å². The summed E-state index contributed by atoms with van der Waals surface area (Å²) in [5.74, 6) is 1.74. The molecule has 10 heteroatoms. The largest absolute Gasteiger partial charge is 0.508 e. The maximum atomic E-state index is 9.36. The molecule has 4 aromatic rings. The van der Waals surface area contributed by atoms with Crippen molar-refractivity contribution < 1.29 is 9.63 Å². The lowest BCUT2D eigenvalue weighted by Gasteiger charge is -2.03. The number of nitrogens with zero attached hydrogens (tertiary/aromatic N) is 6. The van der Waals surface area contributed by atoms with Crippen molar-refractivity contribution in [2.24, 2.45) is 0 Å². The van der Waals surface area contributed by atoms with Crippen molar-refractivity contribution in [3.63, 3.8) is 0 Å². The van der Waals surface area contributed by atoms with Crippen LogP contribution in [-0.2, 0) is 5.75 Å². The number of phenols is 1. The summed E-state index contributed by atoms with van der Waals surface area (Å²) in [6.07, 6.45) is 0. The van der Waals surface area contributed by atoms with E-state index in [1.54, 1.807) is 40.3 Å². The molecule has 3 heterocycles. The van der Waals surface area contributed by atoms with Gasteiger partial charge in [-0.2, -0.15) is 21.0 Å². The van der Waals surface area contributed by atoms with Gasteiger partial charge in [0.1, 0.15) is 5.75 Å². The Morgan fingerprint density at radius 2 is 2.08 bits per heavy atom. The molecule has 24 heavy (non-hydrogen) atoms. The van der Waals surface area contributed by atoms with Gasteiger partial charge in [0.25, 0.3) is 5.89 Å².